The molecule has 2 aliphatic rings. The van der Waals surface area contributed by atoms with Crippen LogP contribution in [0.5, 0.6) is 0 Å². The van der Waals surface area contributed by atoms with E-state index in [0.717, 1.165) is 25.1 Å². The van der Waals surface area contributed by atoms with Crippen molar-refractivity contribution in [1.29, 1.82) is 0 Å². The van der Waals surface area contributed by atoms with E-state index in [1.165, 1.54) is 12.8 Å². The molecule has 0 unspecified atom stereocenters. The highest BCUT2D eigenvalue weighted by Crippen LogP contribution is 2.36. The van der Waals surface area contributed by atoms with Crippen LogP contribution in [-0.4, -0.2) is 36.3 Å². The molecule has 0 aromatic carbocycles. The lowest BCUT2D eigenvalue weighted by Gasteiger charge is -2.12. The van der Waals surface area contributed by atoms with Crippen LogP contribution in [0.2, 0.25) is 0 Å². The zero-order valence-electron chi connectivity index (χ0n) is 12.9. The van der Waals surface area contributed by atoms with E-state index < -0.39 is 10.0 Å². The molecule has 2 aliphatic carbocycles. The minimum atomic E-state index is -3.48. The summed E-state index contributed by atoms with van der Waals surface area (Å²) < 4.78 is 29.7. The lowest BCUT2D eigenvalue weighted by atomic mass is 10.4. The zero-order chi connectivity index (χ0) is 15.3. The summed E-state index contributed by atoms with van der Waals surface area (Å²) in [5.74, 6) is 0. The van der Waals surface area contributed by atoms with Gasteiger partial charge < -0.3 is 5.32 Å². The molecular weight excluding hydrogens is 288 g/mol. The highest BCUT2D eigenvalue weighted by atomic mass is 32.2. The van der Waals surface area contributed by atoms with Crippen molar-refractivity contribution in [2.75, 3.05) is 6.54 Å². The van der Waals surface area contributed by atoms with Gasteiger partial charge in [-0.2, -0.15) is 5.10 Å². The molecule has 0 radical (unpaired) electrons. The molecule has 1 heterocycles. The molecule has 1 aromatic rings. The zero-order valence-corrected chi connectivity index (χ0v) is 13.8. The number of nitrogens with zero attached hydrogens (tertiary/aromatic N) is 2. The van der Waals surface area contributed by atoms with E-state index in [-0.39, 0.29) is 5.54 Å². The quantitative estimate of drug-likeness (QED) is 0.790. The Kier molecular flexibility index (Phi) is 3.62. The van der Waals surface area contributed by atoms with Crippen LogP contribution in [0.25, 0.3) is 0 Å². The maximum Gasteiger partial charge on any atom is 0.244 e. The SMILES string of the molecule is Cc1nn(CCNC2CC2)c(C)c1S(=O)(=O)NC1(C)CC1. The van der Waals surface area contributed by atoms with Crippen LogP contribution in [-0.2, 0) is 16.6 Å². The summed E-state index contributed by atoms with van der Waals surface area (Å²) in [6, 6.07) is 0.654. The molecule has 0 amide bonds. The Morgan fingerprint density at radius 3 is 2.57 bits per heavy atom. The fraction of sp³-hybridized carbons (Fsp3) is 0.786. The smallest absolute Gasteiger partial charge is 0.244 e. The number of aromatic nitrogens is 2. The van der Waals surface area contributed by atoms with Gasteiger partial charge in [0.2, 0.25) is 10.0 Å². The average molecular weight is 312 g/mol. The highest BCUT2D eigenvalue weighted by molar-refractivity contribution is 7.89. The number of hydrogen-bond acceptors (Lipinski definition) is 4. The molecule has 2 saturated carbocycles. The molecule has 0 atom stereocenters. The van der Waals surface area contributed by atoms with Crippen LogP contribution in [0.3, 0.4) is 0 Å². The first-order chi connectivity index (χ1) is 9.81. The lowest BCUT2D eigenvalue weighted by molar-refractivity contribution is 0.537. The number of hydrogen-bond donors (Lipinski definition) is 2. The van der Waals surface area contributed by atoms with Gasteiger partial charge in [0.1, 0.15) is 4.90 Å². The van der Waals surface area contributed by atoms with Crippen LogP contribution in [0.4, 0.5) is 0 Å². The van der Waals surface area contributed by atoms with Gasteiger partial charge in [-0.25, -0.2) is 13.1 Å². The maximum atomic E-state index is 12.6. The summed E-state index contributed by atoms with van der Waals surface area (Å²) in [6.45, 7) is 7.08. The third kappa shape index (κ3) is 3.30. The number of nitrogens with one attached hydrogen (secondary N) is 2. The third-order valence-corrected chi connectivity index (χ3v) is 6.19. The van der Waals surface area contributed by atoms with Crippen molar-refractivity contribution in [3.8, 4) is 0 Å². The van der Waals surface area contributed by atoms with E-state index in [1.54, 1.807) is 11.6 Å². The molecular formula is C14H24N4O2S. The van der Waals surface area contributed by atoms with E-state index in [4.69, 9.17) is 0 Å². The minimum absolute atomic E-state index is 0.257. The summed E-state index contributed by atoms with van der Waals surface area (Å²) in [7, 11) is -3.48. The first kappa shape index (κ1) is 15.0. The summed E-state index contributed by atoms with van der Waals surface area (Å²) in [4.78, 5) is 0.349. The van der Waals surface area contributed by atoms with Crippen molar-refractivity contribution in [1.82, 2.24) is 19.8 Å². The Bertz CT molecular complexity index is 642. The largest absolute Gasteiger partial charge is 0.312 e. The van der Waals surface area contributed by atoms with Crippen molar-refractivity contribution in [3.05, 3.63) is 11.4 Å². The van der Waals surface area contributed by atoms with Gasteiger partial charge in [-0.05, 0) is 46.5 Å². The van der Waals surface area contributed by atoms with Gasteiger partial charge in [0.05, 0.1) is 17.9 Å². The van der Waals surface area contributed by atoms with Gasteiger partial charge in [0.25, 0.3) is 0 Å². The van der Waals surface area contributed by atoms with E-state index >= 15 is 0 Å². The van der Waals surface area contributed by atoms with Crippen LogP contribution < -0.4 is 10.0 Å². The molecule has 2 N–H and O–H groups in total. The van der Waals surface area contributed by atoms with Gasteiger partial charge in [0.15, 0.2) is 0 Å². The first-order valence-electron chi connectivity index (χ1n) is 7.62. The second-order valence-corrected chi connectivity index (χ2v) is 8.24. The second kappa shape index (κ2) is 5.07. The predicted octanol–water partition coefficient (Wildman–Crippen LogP) is 1.08. The summed E-state index contributed by atoms with van der Waals surface area (Å²) in [6.07, 6.45) is 4.31. The molecule has 0 saturated heterocycles. The van der Waals surface area contributed by atoms with Crippen LogP contribution >= 0.6 is 0 Å². The van der Waals surface area contributed by atoms with E-state index in [2.05, 4.69) is 15.1 Å². The molecule has 0 aliphatic heterocycles. The molecule has 3 rings (SSSR count). The Balaban J connectivity index is 1.76. The van der Waals surface area contributed by atoms with Crippen molar-refractivity contribution in [2.24, 2.45) is 0 Å². The van der Waals surface area contributed by atoms with E-state index in [0.29, 0.717) is 23.2 Å². The van der Waals surface area contributed by atoms with Gasteiger partial charge >= 0.3 is 0 Å². The standard InChI is InChI=1S/C14H24N4O2S/c1-10-13(21(19,20)17-14(3)6-7-14)11(2)18(16-10)9-8-15-12-4-5-12/h12,15,17H,4-9H2,1-3H3. The normalized spacial score (nSPS) is 20.7. The first-order valence-corrected chi connectivity index (χ1v) is 9.10. The van der Waals surface area contributed by atoms with Gasteiger partial charge in [0, 0.05) is 18.1 Å². The molecule has 0 spiro atoms. The fourth-order valence-electron chi connectivity index (χ4n) is 2.61. The fourth-order valence-corrected chi connectivity index (χ4v) is 4.49. The topological polar surface area (TPSA) is 76.0 Å². The summed E-state index contributed by atoms with van der Waals surface area (Å²) in [5.41, 5.74) is 1.05. The molecule has 7 heteroatoms. The van der Waals surface area contributed by atoms with Crippen molar-refractivity contribution >= 4 is 10.0 Å². The van der Waals surface area contributed by atoms with Crippen molar-refractivity contribution in [3.63, 3.8) is 0 Å². The molecule has 6 nitrogen and oxygen atoms in total. The minimum Gasteiger partial charge on any atom is -0.312 e. The summed E-state index contributed by atoms with van der Waals surface area (Å²) in [5, 5.41) is 7.82. The van der Waals surface area contributed by atoms with Gasteiger partial charge in [-0.1, -0.05) is 0 Å². The summed E-state index contributed by atoms with van der Waals surface area (Å²) >= 11 is 0. The van der Waals surface area contributed by atoms with Crippen molar-refractivity contribution in [2.45, 2.75) is 69.5 Å². The van der Waals surface area contributed by atoms with Crippen molar-refractivity contribution < 1.29 is 8.42 Å². The van der Waals surface area contributed by atoms with Gasteiger partial charge in [-0.15, -0.1) is 0 Å². The Labute approximate surface area is 126 Å². The number of aryl methyl sites for hydroxylation is 1. The monoisotopic (exact) mass is 312 g/mol. The molecule has 21 heavy (non-hydrogen) atoms. The Morgan fingerprint density at radius 2 is 2.00 bits per heavy atom. The molecule has 1 aromatic heterocycles. The lowest BCUT2D eigenvalue weighted by Crippen LogP contribution is -2.34. The predicted molar refractivity (Wildman–Crippen MR) is 80.7 cm³/mol. The number of rotatable bonds is 7. The second-order valence-electron chi connectivity index (χ2n) is 6.62. The Morgan fingerprint density at radius 1 is 1.33 bits per heavy atom. The average Bonchev–Trinajstić information content (AvgIpc) is 3.25. The highest BCUT2D eigenvalue weighted by Gasteiger charge is 2.42. The third-order valence-electron chi connectivity index (χ3n) is 4.30. The maximum absolute atomic E-state index is 12.6. The molecule has 0 bridgehead atoms. The molecule has 118 valence electrons. The van der Waals surface area contributed by atoms with Crippen LogP contribution in [0.1, 0.15) is 44.0 Å². The van der Waals surface area contributed by atoms with E-state index in [9.17, 15) is 8.42 Å². The van der Waals surface area contributed by atoms with Gasteiger partial charge in [-0.3, -0.25) is 4.68 Å². The van der Waals surface area contributed by atoms with Crippen LogP contribution in [0.15, 0.2) is 4.90 Å². The molecule has 2 fully saturated rings. The van der Waals surface area contributed by atoms with E-state index in [1.807, 2.05) is 13.8 Å². The Hall–Kier alpha value is -0.920. The number of sulfonamides is 1. The van der Waals surface area contributed by atoms with Crippen LogP contribution in [0, 0.1) is 13.8 Å².